The standard InChI is InChI=1S/C23H24N4O4/c1-13-16-8-10-18(30-4)14(2)21(16)31-23(29)17(13)9-11-20(28)24-15(3)22-26-25-19-7-5-6-12-27(19)22/h5-8,10,12,15H,9,11H2,1-4H3,(H,24,28)/t15-/m1/s1. The molecule has 0 saturated heterocycles. The van der Waals surface area contributed by atoms with Gasteiger partial charge in [0.05, 0.1) is 13.2 Å². The molecule has 1 N–H and O–H groups in total. The number of aryl methyl sites for hydroxylation is 2. The second-order valence-corrected chi connectivity index (χ2v) is 7.54. The van der Waals surface area contributed by atoms with Gasteiger partial charge in [0.1, 0.15) is 11.3 Å². The summed E-state index contributed by atoms with van der Waals surface area (Å²) in [6, 6.07) is 9.02. The molecule has 0 saturated carbocycles. The quantitative estimate of drug-likeness (QED) is 0.481. The maximum atomic E-state index is 12.6. The van der Waals surface area contributed by atoms with E-state index in [2.05, 4.69) is 15.5 Å². The van der Waals surface area contributed by atoms with E-state index in [4.69, 9.17) is 9.15 Å². The minimum atomic E-state index is -0.425. The van der Waals surface area contributed by atoms with Gasteiger partial charge in [0, 0.05) is 29.1 Å². The van der Waals surface area contributed by atoms with Crippen LogP contribution in [-0.4, -0.2) is 27.6 Å². The molecule has 0 spiro atoms. The number of amides is 1. The number of ether oxygens (including phenoxy) is 1. The molecule has 3 aromatic heterocycles. The zero-order valence-electron chi connectivity index (χ0n) is 17.9. The van der Waals surface area contributed by atoms with Crippen LogP contribution in [0.3, 0.4) is 0 Å². The number of fused-ring (bicyclic) bond motifs is 2. The van der Waals surface area contributed by atoms with Gasteiger partial charge in [0.25, 0.3) is 0 Å². The Hall–Kier alpha value is -3.68. The maximum Gasteiger partial charge on any atom is 0.339 e. The number of nitrogens with zero attached hydrogens (tertiary/aromatic N) is 3. The molecule has 160 valence electrons. The molecule has 0 unspecified atom stereocenters. The molecule has 4 rings (SSSR count). The van der Waals surface area contributed by atoms with Crippen LogP contribution in [0.15, 0.2) is 45.7 Å². The fraction of sp³-hybridized carbons (Fsp3) is 0.304. The average molecular weight is 420 g/mol. The smallest absolute Gasteiger partial charge is 0.339 e. The molecule has 1 atom stereocenters. The summed E-state index contributed by atoms with van der Waals surface area (Å²) >= 11 is 0. The van der Waals surface area contributed by atoms with Crippen molar-refractivity contribution in [2.24, 2.45) is 0 Å². The summed E-state index contributed by atoms with van der Waals surface area (Å²) in [5.41, 5.74) is 2.91. The van der Waals surface area contributed by atoms with Gasteiger partial charge >= 0.3 is 5.63 Å². The molecule has 0 radical (unpaired) electrons. The maximum absolute atomic E-state index is 12.6. The summed E-state index contributed by atoms with van der Waals surface area (Å²) in [4.78, 5) is 25.2. The molecule has 8 heteroatoms. The van der Waals surface area contributed by atoms with Gasteiger partial charge in [0.2, 0.25) is 5.91 Å². The van der Waals surface area contributed by atoms with Crippen LogP contribution >= 0.6 is 0 Å². The van der Waals surface area contributed by atoms with E-state index in [-0.39, 0.29) is 24.8 Å². The summed E-state index contributed by atoms with van der Waals surface area (Å²) in [5.74, 6) is 1.14. The average Bonchev–Trinajstić information content (AvgIpc) is 3.19. The Balaban J connectivity index is 1.51. The molecule has 0 aliphatic heterocycles. The molecule has 8 nitrogen and oxygen atoms in total. The van der Waals surface area contributed by atoms with E-state index in [1.807, 2.05) is 61.7 Å². The Morgan fingerprint density at radius 3 is 2.77 bits per heavy atom. The number of carbonyl (C=O) groups is 1. The van der Waals surface area contributed by atoms with E-state index in [0.29, 0.717) is 22.7 Å². The van der Waals surface area contributed by atoms with Gasteiger partial charge in [-0.15, -0.1) is 10.2 Å². The Kier molecular flexibility index (Phi) is 5.46. The molecule has 4 aromatic rings. The summed E-state index contributed by atoms with van der Waals surface area (Å²) in [6.07, 6.45) is 2.30. The third-order valence-electron chi connectivity index (χ3n) is 5.58. The van der Waals surface area contributed by atoms with Crippen molar-refractivity contribution in [2.75, 3.05) is 7.11 Å². The lowest BCUT2D eigenvalue weighted by atomic mass is 10.00. The first kappa shape index (κ1) is 20.6. The van der Waals surface area contributed by atoms with Crippen molar-refractivity contribution in [3.05, 3.63) is 69.5 Å². The van der Waals surface area contributed by atoms with E-state index in [1.165, 1.54) is 0 Å². The zero-order valence-corrected chi connectivity index (χ0v) is 17.9. The lowest BCUT2D eigenvalue weighted by Gasteiger charge is -2.13. The van der Waals surface area contributed by atoms with E-state index < -0.39 is 5.63 Å². The van der Waals surface area contributed by atoms with Crippen molar-refractivity contribution in [3.63, 3.8) is 0 Å². The van der Waals surface area contributed by atoms with Crippen molar-refractivity contribution < 1.29 is 13.9 Å². The van der Waals surface area contributed by atoms with E-state index >= 15 is 0 Å². The largest absolute Gasteiger partial charge is 0.496 e. The third kappa shape index (κ3) is 3.76. The Morgan fingerprint density at radius 1 is 1.19 bits per heavy atom. The molecule has 1 amide bonds. The summed E-state index contributed by atoms with van der Waals surface area (Å²) in [5, 5.41) is 12.1. The van der Waals surface area contributed by atoms with Crippen molar-refractivity contribution in [2.45, 2.75) is 39.7 Å². The van der Waals surface area contributed by atoms with Crippen molar-refractivity contribution in [3.8, 4) is 5.75 Å². The van der Waals surface area contributed by atoms with E-state index in [9.17, 15) is 9.59 Å². The van der Waals surface area contributed by atoms with Crippen LogP contribution < -0.4 is 15.7 Å². The zero-order chi connectivity index (χ0) is 22.1. The number of carbonyl (C=O) groups excluding carboxylic acids is 1. The third-order valence-corrected chi connectivity index (χ3v) is 5.58. The number of pyridine rings is 1. The SMILES string of the molecule is COc1ccc2c(C)c(CCC(=O)N[C@H](C)c3nnc4ccccn34)c(=O)oc2c1C. The monoisotopic (exact) mass is 420 g/mol. The van der Waals surface area contributed by atoms with Crippen molar-refractivity contribution >= 4 is 22.5 Å². The highest BCUT2D eigenvalue weighted by atomic mass is 16.5. The number of rotatable bonds is 6. The second kappa shape index (κ2) is 8.22. The summed E-state index contributed by atoms with van der Waals surface area (Å²) < 4.78 is 12.7. The Labute approximate surface area is 178 Å². The number of nitrogens with one attached hydrogen (secondary N) is 1. The van der Waals surface area contributed by atoms with Crippen molar-refractivity contribution in [1.82, 2.24) is 19.9 Å². The van der Waals surface area contributed by atoms with Gasteiger partial charge in [0.15, 0.2) is 11.5 Å². The molecular weight excluding hydrogens is 396 g/mol. The van der Waals surface area contributed by atoms with Gasteiger partial charge in [-0.25, -0.2) is 4.79 Å². The van der Waals surface area contributed by atoms with Crippen LogP contribution in [0.1, 0.15) is 41.9 Å². The van der Waals surface area contributed by atoms with Gasteiger partial charge in [-0.1, -0.05) is 6.07 Å². The lowest BCUT2D eigenvalue weighted by molar-refractivity contribution is -0.121. The van der Waals surface area contributed by atoms with Crippen LogP contribution in [-0.2, 0) is 11.2 Å². The first-order chi connectivity index (χ1) is 14.9. The molecule has 0 fully saturated rings. The van der Waals surface area contributed by atoms with Gasteiger partial charge < -0.3 is 14.5 Å². The van der Waals surface area contributed by atoms with Crippen molar-refractivity contribution in [1.29, 1.82) is 0 Å². The molecule has 0 aliphatic rings. The first-order valence-corrected chi connectivity index (χ1v) is 10.1. The topological polar surface area (TPSA) is 98.7 Å². The van der Waals surface area contributed by atoms with Crippen LogP contribution in [0.2, 0.25) is 0 Å². The highest BCUT2D eigenvalue weighted by molar-refractivity contribution is 5.86. The van der Waals surface area contributed by atoms with Gasteiger partial charge in [-0.3, -0.25) is 9.20 Å². The van der Waals surface area contributed by atoms with E-state index in [0.717, 1.165) is 22.2 Å². The van der Waals surface area contributed by atoms with Crippen LogP contribution in [0.25, 0.3) is 16.6 Å². The molecule has 0 bridgehead atoms. The number of aromatic nitrogens is 3. The predicted octanol–water partition coefficient (Wildman–Crippen LogP) is 3.27. The lowest BCUT2D eigenvalue weighted by Crippen LogP contribution is -2.28. The molecule has 31 heavy (non-hydrogen) atoms. The van der Waals surface area contributed by atoms with E-state index in [1.54, 1.807) is 7.11 Å². The van der Waals surface area contributed by atoms with Crippen LogP contribution in [0, 0.1) is 13.8 Å². The van der Waals surface area contributed by atoms with Gasteiger partial charge in [-0.05, 0) is 57.0 Å². The fourth-order valence-corrected chi connectivity index (χ4v) is 3.85. The number of hydrogen-bond donors (Lipinski definition) is 1. The minimum Gasteiger partial charge on any atom is -0.496 e. The summed E-state index contributed by atoms with van der Waals surface area (Å²) in [7, 11) is 1.58. The first-order valence-electron chi connectivity index (χ1n) is 10.1. The Morgan fingerprint density at radius 2 is 2.00 bits per heavy atom. The molecule has 3 heterocycles. The molecular formula is C23H24N4O4. The summed E-state index contributed by atoms with van der Waals surface area (Å²) in [6.45, 7) is 5.59. The molecule has 1 aromatic carbocycles. The fourth-order valence-electron chi connectivity index (χ4n) is 3.85. The normalized spacial score (nSPS) is 12.3. The minimum absolute atomic E-state index is 0.160. The highest BCUT2D eigenvalue weighted by Gasteiger charge is 2.18. The predicted molar refractivity (Wildman–Crippen MR) is 116 cm³/mol. The van der Waals surface area contributed by atoms with Crippen LogP contribution in [0.5, 0.6) is 5.75 Å². The highest BCUT2D eigenvalue weighted by Crippen LogP contribution is 2.29. The second-order valence-electron chi connectivity index (χ2n) is 7.54. The van der Waals surface area contributed by atoms with Gasteiger partial charge in [-0.2, -0.15) is 0 Å². The molecule has 0 aliphatic carbocycles. The van der Waals surface area contributed by atoms with Crippen LogP contribution in [0.4, 0.5) is 0 Å². The number of methoxy groups -OCH3 is 1. The Bertz CT molecular complexity index is 1340. The number of hydrogen-bond acceptors (Lipinski definition) is 6. The number of benzene rings is 1.